The van der Waals surface area contributed by atoms with Crippen molar-refractivity contribution < 1.29 is 19.7 Å². The fourth-order valence-corrected chi connectivity index (χ4v) is 9.82. The molecule has 4 nitrogen and oxygen atoms in total. The van der Waals surface area contributed by atoms with Gasteiger partial charge in [0.2, 0.25) is 0 Å². The Morgan fingerprint density at radius 3 is 2.41 bits per heavy atom. The molecule has 0 bridgehead atoms. The number of ketones is 1. The molecule has 0 spiro atoms. The minimum absolute atomic E-state index is 0.0359. The van der Waals surface area contributed by atoms with E-state index in [4.69, 9.17) is 4.74 Å². The fraction of sp³-hybridized carbons (Fsp3) is 0.900. The van der Waals surface area contributed by atoms with Crippen LogP contribution < -0.4 is 0 Å². The Kier molecular flexibility index (Phi) is 5.62. The number of epoxide rings is 1. The van der Waals surface area contributed by atoms with Crippen molar-refractivity contribution in [3.05, 3.63) is 11.1 Å². The van der Waals surface area contributed by atoms with Gasteiger partial charge >= 0.3 is 0 Å². The molecule has 0 aromatic rings. The first-order valence-electron chi connectivity index (χ1n) is 14.0. The van der Waals surface area contributed by atoms with Crippen LogP contribution in [0.4, 0.5) is 0 Å². The number of fused-ring (bicyclic) bond motifs is 4. The van der Waals surface area contributed by atoms with Gasteiger partial charge in [-0.25, -0.2) is 0 Å². The number of rotatable bonds is 5. The van der Waals surface area contributed by atoms with Gasteiger partial charge in [0.05, 0.1) is 18.8 Å². The molecule has 0 radical (unpaired) electrons. The summed E-state index contributed by atoms with van der Waals surface area (Å²) < 4.78 is 5.77. The van der Waals surface area contributed by atoms with Crippen molar-refractivity contribution in [1.82, 2.24) is 0 Å². The maximum atomic E-state index is 12.8. The third kappa shape index (κ3) is 3.16. The maximum Gasteiger partial charge on any atom is 0.138 e. The molecule has 5 aliphatic rings. The summed E-state index contributed by atoms with van der Waals surface area (Å²) in [6.45, 7) is 16.2. The minimum Gasteiger partial charge on any atom is -0.393 e. The minimum atomic E-state index is -0.415. The first-order valence-corrected chi connectivity index (χ1v) is 14.0. The highest BCUT2D eigenvalue weighted by atomic mass is 16.6. The van der Waals surface area contributed by atoms with Crippen LogP contribution in [-0.2, 0) is 9.53 Å². The largest absolute Gasteiger partial charge is 0.393 e. The summed E-state index contributed by atoms with van der Waals surface area (Å²) in [6, 6.07) is 0. The number of ether oxygens (including phenoxy) is 1. The SMILES string of the molecule is C[C@H](CCC1OC1(C)CO)[C@H]1CC[C@@]2(C)C3=C(CC[C@]12C)[C@@]1(C)CCC(=O)C(C)(C)[C@@H]1C[C@H]3O. The molecule has 2 saturated carbocycles. The molecular weight excluding hydrogens is 424 g/mol. The van der Waals surface area contributed by atoms with Crippen LogP contribution in [-0.4, -0.2) is 40.4 Å². The highest BCUT2D eigenvalue weighted by Gasteiger charge is 2.65. The lowest BCUT2D eigenvalue weighted by Gasteiger charge is -2.61. The van der Waals surface area contributed by atoms with Crippen LogP contribution >= 0.6 is 0 Å². The van der Waals surface area contributed by atoms with E-state index in [2.05, 4.69) is 41.5 Å². The standard InChI is InChI=1S/C30H48O4/c1-18(8-9-24-30(7,17-31)34-24)19-10-15-29(6)25-20(11-14-28(19,29)5)27(4)13-12-23(33)26(2,3)22(27)16-21(25)32/h18-19,21-22,24,31-32H,8-17H2,1-7H3/t18-,19-,21-,22+,24?,27-,28-,29+,30?/m1/s1. The molecule has 9 atom stereocenters. The van der Waals surface area contributed by atoms with Gasteiger partial charge in [0, 0.05) is 11.8 Å². The van der Waals surface area contributed by atoms with Gasteiger partial charge in [0.25, 0.3) is 0 Å². The summed E-state index contributed by atoms with van der Waals surface area (Å²) >= 11 is 0. The summed E-state index contributed by atoms with van der Waals surface area (Å²) in [6.07, 6.45) is 8.97. The lowest BCUT2D eigenvalue weighted by molar-refractivity contribution is -0.141. The van der Waals surface area contributed by atoms with Crippen molar-refractivity contribution in [1.29, 1.82) is 0 Å². The molecule has 4 heteroatoms. The third-order valence-electron chi connectivity index (χ3n) is 12.5. The molecule has 0 aromatic heterocycles. The Bertz CT molecular complexity index is 905. The molecule has 0 amide bonds. The monoisotopic (exact) mass is 472 g/mol. The van der Waals surface area contributed by atoms with Crippen LogP contribution in [0.15, 0.2) is 11.1 Å². The van der Waals surface area contributed by atoms with E-state index in [1.54, 1.807) is 0 Å². The lowest BCUT2D eigenvalue weighted by Crippen LogP contribution is -2.57. The van der Waals surface area contributed by atoms with Crippen LogP contribution in [0.1, 0.15) is 106 Å². The molecule has 1 aliphatic heterocycles. The van der Waals surface area contributed by atoms with Crippen molar-refractivity contribution in [3.63, 3.8) is 0 Å². The van der Waals surface area contributed by atoms with Crippen molar-refractivity contribution >= 4 is 5.78 Å². The van der Waals surface area contributed by atoms with E-state index in [0.717, 1.165) is 38.5 Å². The number of allylic oxidation sites excluding steroid dienone is 1. The summed E-state index contributed by atoms with van der Waals surface area (Å²) in [5.74, 6) is 1.87. The van der Waals surface area contributed by atoms with Gasteiger partial charge in [-0.2, -0.15) is 0 Å². The van der Waals surface area contributed by atoms with E-state index in [9.17, 15) is 15.0 Å². The summed E-state index contributed by atoms with van der Waals surface area (Å²) in [5, 5.41) is 21.2. The topological polar surface area (TPSA) is 70.1 Å². The van der Waals surface area contributed by atoms with Gasteiger partial charge in [-0.1, -0.05) is 47.1 Å². The summed E-state index contributed by atoms with van der Waals surface area (Å²) in [7, 11) is 0. The van der Waals surface area contributed by atoms with Gasteiger partial charge in [0.15, 0.2) is 0 Å². The number of carbonyl (C=O) groups is 1. The molecule has 2 N–H and O–H groups in total. The second kappa shape index (κ2) is 7.65. The van der Waals surface area contributed by atoms with Gasteiger partial charge in [-0.15, -0.1) is 0 Å². The Morgan fingerprint density at radius 1 is 1.06 bits per heavy atom. The lowest BCUT2D eigenvalue weighted by atomic mass is 9.43. The number of hydrogen-bond donors (Lipinski definition) is 2. The average molecular weight is 473 g/mol. The normalized spacial score (nSPS) is 50.4. The van der Waals surface area contributed by atoms with Gasteiger partial charge in [-0.05, 0) is 97.9 Å². The average Bonchev–Trinajstić information content (AvgIpc) is 3.35. The van der Waals surface area contributed by atoms with E-state index in [1.165, 1.54) is 24.0 Å². The number of hydrogen-bond acceptors (Lipinski definition) is 4. The number of aliphatic hydroxyl groups excluding tert-OH is 2. The number of aliphatic hydroxyl groups is 2. The van der Waals surface area contributed by atoms with Gasteiger partial charge < -0.3 is 14.9 Å². The van der Waals surface area contributed by atoms with E-state index < -0.39 is 6.10 Å². The Morgan fingerprint density at radius 2 is 1.76 bits per heavy atom. The first kappa shape index (κ1) is 25.0. The van der Waals surface area contributed by atoms with E-state index in [1.807, 2.05) is 6.92 Å². The molecule has 34 heavy (non-hydrogen) atoms. The molecule has 3 fully saturated rings. The zero-order valence-corrected chi connectivity index (χ0v) is 22.7. The maximum absolute atomic E-state index is 12.8. The van der Waals surface area contributed by atoms with Crippen LogP contribution in [0.5, 0.6) is 0 Å². The molecule has 5 rings (SSSR count). The predicted molar refractivity (Wildman–Crippen MR) is 134 cm³/mol. The Labute approximate surface area is 206 Å². The summed E-state index contributed by atoms with van der Waals surface area (Å²) in [4.78, 5) is 12.8. The quantitative estimate of drug-likeness (QED) is 0.389. The van der Waals surface area contributed by atoms with Gasteiger partial charge in [-0.3, -0.25) is 4.79 Å². The summed E-state index contributed by atoms with van der Waals surface area (Å²) in [5.41, 5.74) is 2.50. The predicted octanol–water partition coefficient (Wildman–Crippen LogP) is 5.84. The zero-order chi connectivity index (χ0) is 24.9. The van der Waals surface area contributed by atoms with Crippen molar-refractivity contribution in [3.8, 4) is 0 Å². The van der Waals surface area contributed by atoms with E-state index >= 15 is 0 Å². The van der Waals surface area contributed by atoms with Crippen LogP contribution in [0, 0.1) is 39.4 Å². The molecule has 1 heterocycles. The second-order valence-electron chi connectivity index (χ2n) is 14.3. The molecular formula is C30H48O4. The second-order valence-corrected chi connectivity index (χ2v) is 14.3. The van der Waals surface area contributed by atoms with Crippen molar-refractivity contribution in [2.75, 3.05) is 6.61 Å². The molecule has 0 aromatic carbocycles. The molecule has 2 unspecified atom stereocenters. The van der Waals surface area contributed by atoms with Crippen molar-refractivity contribution in [2.45, 2.75) is 124 Å². The molecule has 1 saturated heterocycles. The fourth-order valence-electron chi connectivity index (χ4n) is 9.82. The Hall–Kier alpha value is -0.710. The Balaban J connectivity index is 1.43. The molecule has 192 valence electrons. The van der Waals surface area contributed by atoms with Crippen molar-refractivity contribution in [2.24, 2.45) is 39.4 Å². The van der Waals surface area contributed by atoms with E-state index in [0.29, 0.717) is 24.0 Å². The third-order valence-corrected chi connectivity index (χ3v) is 12.5. The first-order chi connectivity index (χ1) is 15.7. The number of carbonyl (C=O) groups excluding carboxylic acids is 1. The zero-order valence-electron chi connectivity index (χ0n) is 22.7. The van der Waals surface area contributed by atoms with Crippen LogP contribution in [0.25, 0.3) is 0 Å². The van der Waals surface area contributed by atoms with Gasteiger partial charge in [0.1, 0.15) is 11.4 Å². The highest BCUT2D eigenvalue weighted by molar-refractivity contribution is 5.85. The smallest absolute Gasteiger partial charge is 0.138 e. The van der Waals surface area contributed by atoms with Crippen LogP contribution in [0.2, 0.25) is 0 Å². The van der Waals surface area contributed by atoms with E-state index in [-0.39, 0.29) is 45.9 Å². The highest BCUT2D eigenvalue weighted by Crippen LogP contribution is 2.72. The van der Waals surface area contributed by atoms with Crippen LogP contribution in [0.3, 0.4) is 0 Å². The number of Topliss-reactive ketones (excluding diaryl/α,β-unsaturated/α-hetero) is 1. The molecule has 4 aliphatic carbocycles.